The summed E-state index contributed by atoms with van der Waals surface area (Å²) in [5, 5.41) is 2.86. The van der Waals surface area contributed by atoms with Gasteiger partial charge in [-0.05, 0) is 36.6 Å². The van der Waals surface area contributed by atoms with Crippen LogP contribution in [0.4, 0.5) is 5.69 Å². The molecule has 4 rings (SSSR count). The van der Waals surface area contributed by atoms with Gasteiger partial charge in [-0.25, -0.2) is 0 Å². The number of benzene rings is 2. The lowest BCUT2D eigenvalue weighted by molar-refractivity contribution is -0.113. The van der Waals surface area contributed by atoms with Crippen molar-refractivity contribution in [1.82, 2.24) is 4.90 Å². The van der Waals surface area contributed by atoms with Gasteiger partial charge in [0.05, 0.1) is 17.5 Å². The highest BCUT2D eigenvalue weighted by molar-refractivity contribution is 8.00. The van der Waals surface area contributed by atoms with Crippen LogP contribution < -0.4 is 5.32 Å². The molecular formula is C19H18N2O2S. The van der Waals surface area contributed by atoms with Gasteiger partial charge in [-0.1, -0.05) is 30.3 Å². The molecule has 24 heavy (non-hydrogen) atoms. The Labute approximate surface area is 145 Å². The van der Waals surface area contributed by atoms with Crippen LogP contribution in [0.1, 0.15) is 34.8 Å². The second-order valence-corrected chi connectivity index (χ2v) is 7.13. The number of nitrogens with zero attached hydrogens (tertiary/aromatic N) is 1. The highest BCUT2D eigenvalue weighted by atomic mass is 32.2. The van der Waals surface area contributed by atoms with Crippen LogP contribution in [0.25, 0.3) is 0 Å². The maximum atomic E-state index is 13.0. The van der Waals surface area contributed by atoms with Gasteiger partial charge in [0.1, 0.15) is 0 Å². The predicted octanol–water partition coefficient (Wildman–Crippen LogP) is 3.71. The Morgan fingerprint density at radius 2 is 2.00 bits per heavy atom. The molecule has 5 heteroatoms. The van der Waals surface area contributed by atoms with Crippen molar-refractivity contribution in [3.63, 3.8) is 0 Å². The van der Waals surface area contributed by atoms with Crippen LogP contribution in [-0.2, 0) is 4.79 Å². The Balaban J connectivity index is 1.61. The minimum atomic E-state index is -0.0135. The third-order valence-electron chi connectivity index (χ3n) is 4.56. The zero-order valence-electron chi connectivity index (χ0n) is 13.2. The summed E-state index contributed by atoms with van der Waals surface area (Å²) >= 11 is 1.51. The third kappa shape index (κ3) is 2.80. The fourth-order valence-electron chi connectivity index (χ4n) is 3.41. The number of carbonyl (C=O) groups is 2. The summed E-state index contributed by atoms with van der Waals surface area (Å²) in [6.07, 6.45) is 2.01. The van der Waals surface area contributed by atoms with Crippen LogP contribution >= 0.6 is 11.8 Å². The Hall–Kier alpha value is -2.27. The number of hydrogen-bond acceptors (Lipinski definition) is 3. The van der Waals surface area contributed by atoms with E-state index in [1.165, 1.54) is 17.3 Å². The van der Waals surface area contributed by atoms with Crippen molar-refractivity contribution in [3.8, 4) is 0 Å². The average molecular weight is 338 g/mol. The largest absolute Gasteiger partial charge is 0.332 e. The van der Waals surface area contributed by atoms with Crippen molar-refractivity contribution >= 4 is 29.3 Å². The van der Waals surface area contributed by atoms with E-state index in [2.05, 4.69) is 17.4 Å². The predicted molar refractivity (Wildman–Crippen MR) is 95.2 cm³/mol. The standard InChI is InChI=1S/C19H18N2O2S/c22-18-12-24-17-9-8-14(11-15(17)20-18)19(23)21-10-4-7-16(21)13-5-2-1-3-6-13/h1-3,5-6,8-9,11,16H,4,7,10,12H2,(H,20,22). The number of thioether (sulfide) groups is 1. The van der Waals surface area contributed by atoms with Gasteiger partial charge < -0.3 is 10.2 Å². The number of anilines is 1. The summed E-state index contributed by atoms with van der Waals surface area (Å²) in [4.78, 5) is 27.6. The Morgan fingerprint density at radius 3 is 2.83 bits per heavy atom. The van der Waals surface area contributed by atoms with Crippen molar-refractivity contribution < 1.29 is 9.59 Å². The molecular weight excluding hydrogens is 320 g/mol. The monoisotopic (exact) mass is 338 g/mol. The van der Waals surface area contributed by atoms with Crippen molar-refractivity contribution in [2.45, 2.75) is 23.8 Å². The average Bonchev–Trinajstić information content (AvgIpc) is 3.11. The van der Waals surface area contributed by atoms with Gasteiger partial charge in [-0.3, -0.25) is 9.59 Å². The number of carbonyl (C=O) groups excluding carboxylic acids is 2. The molecule has 2 amide bonds. The van der Waals surface area contributed by atoms with E-state index in [0.29, 0.717) is 11.3 Å². The van der Waals surface area contributed by atoms with E-state index >= 15 is 0 Å². The van der Waals surface area contributed by atoms with Gasteiger partial charge in [0, 0.05) is 17.0 Å². The quantitative estimate of drug-likeness (QED) is 0.908. The Kier molecular flexibility index (Phi) is 4.02. The normalized spacial score (nSPS) is 19.8. The van der Waals surface area contributed by atoms with E-state index < -0.39 is 0 Å². The van der Waals surface area contributed by atoms with Crippen LogP contribution in [0, 0.1) is 0 Å². The lowest BCUT2D eigenvalue weighted by Gasteiger charge is -2.26. The molecule has 0 spiro atoms. The molecule has 1 unspecified atom stereocenters. The molecule has 2 aliphatic heterocycles. The van der Waals surface area contributed by atoms with Crippen molar-refractivity contribution in [2.75, 3.05) is 17.6 Å². The van der Waals surface area contributed by atoms with Gasteiger partial charge in [0.25, 0.3) is 5.91 Å². The summed E-state index contributed by atoms with van der Waals surface area (Å²) in [6, 6.07) is 15.9. The van der Waals surface area contributed by atoms with Crippen LogP contribution in [0.3, 0.4) is 0 Å². The fraction of sp³-hybridized carbons (Fsp3) is 0.263. The van der Waals surface area contributed by atoms with Gasteiger partial charge >= 0.3 is 0 Å². The maximum absolute atomic E-state index is 13.0. The molecule has 0 aliphatic carbocycles. The number of rotatable bonds is 2. The van der Waals surface area contributed by atoms with E-state index in [1.54, 1.807) is 0 Å². The molecule has 1 saturated heterocycles. The number of fused-ring (bicyclic) bond motifs is 1. The van der Waals surface area contributed by atoms with E-state index in [0.717, 1.165) is 30.0 Å². The van der Waals surface area contributed by atoms with Gasteiger partial charge in [0.2, 0.25) is 5.91 Å². The molecule has 1 atom stereocenters. The first-order chi connectivity index (χ1) is 11.7. The lowest BCUT2D eigenvalue weighted by atomic mass is 10.0. The van der Waals surface area contributed by atoms with Crippen LogP contribution in [0.15, 0.2) is 53.4 Å². The van der Waals surface area contributed by atoms with Crippen molar-refractivity contribution in [3.05, 3.63) is 59.7 Å². The molecule has 1 fully saturated rings. The van der Waals surface area contributed by atoms with E-state index in [1.807, 2.05) is 41.3 Å². The minimum Gasteiger partial charge on any atom is -0.332 e. The number of likely N-dealkylation sites (tertiary alicyclic amines) is 1. The molecule has 0 radical (unpaired) electrons. The molecule has 122 valence electrons. The SMILES string of the molecule is O=C1CSc2ccc(C(=O)N3CCCC3c3ccccc3)cc2N1. The van der Waals surface area contributed by atoms with Gasteiger partial charge in [-0.2, -0.15) is 0 Å². The van der Waals surface area contributed by atoms with Crippen LogP contribution in [0.5, 0.6) is 0 Å². The summed E-state index contributed by atoms with van der Waals surface area (Å²) < 4.78 is 0. The molecule has 4 nitrogen and oxygen atoms in total. The van der Waals surface area contributed by atoms with Crippen molar-refractivity contribution in [1.29, 1.82) is 0 Å². The van der Waals surface area contributed by atoms with E-state index in [-0.39, 0.29) is 17.9 Å². The fourth-order valence-corrected chi connectivity index (χ4v) is 4.20. The van der Waals surface area contributed by atoms with Crippen LogP contribution in [0.2, 0.25) is 0 Å². The summed E-state index contributed by atoms with van der Waals surface area (Å²) in [5.41, 5.74) is 2.57. The number of hydrogen-bond donors (Lipinski definition) is 1. The third-order valence-corrected chi connectivity index (χ3v) is 5.63. The van der Waals surface area contributed by atoms with E-state index in [9.17, 15) is 9.59 Å². The minimum absolute atomic E-state index is 0.0135. The second kappa shape index (κ2) is 6.32. The topological polar surface area (TPSA) is 49.4 Å². The summed E-state index contributed by atoms with van der Waals surface area (Å²) in [5.74, 6) is 0.456. The molecule has 2 heterocycles. The van der Waals surface area contributed by atoms with E-state index in [4.69, 9.17) is 0 Å². The molecule has 0 bridgehead atoms. The molecule has 2 aromatic rings. The first-order valence-electron chi connectivity index (χ1n) is 8.15. The zero-order chi connectivity index (χ0) is 16.5. The highest BCUT2D eigenvalue weighted by Gasteiger charge is 2.31. The van der Waals surface area contributed by atoms with Crippen molar-refractivity contribution in [2.24, 2.45) is 0 Å². The number of nitrogens with one attached hydrogen (secondary N) is 1. The van der Waals surface area contributed by atoms with Crippen LogP contribution in [-0.4, -0.2) is 29.0 Å². The Bertz CT molecular complexity index is 791. The summed E-state index contributed by atoms with van der Waals surface area (Å²) in [6.45, 7) is 0.774. The van der Waals surface area contributed by atoms with Gasteiger partial charge in [0.15, 0.2) is 0 Å². The second-order valence-electron chi connectivity index (χ2n) is 6.12. The highest BCUT2D eigenvalue weighted by Crippen LogP contribution is 2.35. The van der Waals surface area contributed by atoms with Gasteiger partial charge in [-0.15, -0.1) is 11.8 Å². The smallest absolute Gasteiger partial charge is 0.254 e. The molecule has 0 aromatic heterocycles. The lowest BCUT2D eigenvalue weighted by Crippen LogP contribution is -2.30. The summed E-state index contributed by atoms with van der Waals surface area (Å²) in [7, 11) is 0. The Morgan fingerprint density at radius 1 is 1.17 bits per heavy atom. The molecule has 2 aromatic carbocycles. The first-order valence-corrected chi connectivity index (χ1v) is 9.13. The molecule has 0 saturated carbocycles. The molecule has 1 N–H and O–H groups in total. The molecule has 2 aliphatic rings. The maximum Gasteiger partial charge on any atom is 0.254 e. The number of amides is 2. The zero-order valence-corrected chi connectivity index (χ0v) is 14.0. The first kappa shape index (κ1) is 15.3.